The van der Waals surface area contributed by atoms with Crippen molar-refractivity contribution in [1.29, 1.82) is 0 Å². The van der Waals surface area contributed by atoms with Crippen molar-refractivity contribution in [2.75, 3.05) is 59.5 Å². The van der Waals surface area contributed by atoms with Crippen molar-refractivity contribution < 1.29 is 37.4 Å². The summed E-state index contributed by atoms with van der Waals surface area (Å²) in [5.74, 6) is -2.75. The number of benzene rings is 1. The number of nitrogens with one attached hydrogen (secondary N) is 1. The highest BCUT2D eigenvalue weighted by molar-refractivity contribution is 5.86. The molecular weight excluding hydrogens is 669 g/mol. The van der Waals surface area contributed by atoms with Crippen LogP contribution in [-0.2, 0) is 19.1 Å². The number of H-pyrrole nitrogens is 1. The number of aliphatic carboxylic acids is 1. The lowest BCUT2D eigenvalue weighted by molar-refractivity contribution is -0.192. The smallest absolute Gasteiger partial charge is 0.475 e. The molecule has 0 bridgehead atoms. The van der Waals surface area contributed by atoms with E-state index < -0.39 is 12.1 Å². The number of aromatic amines is 1. The third-order valence-electron chi connectivity index (χ3n) is 9.48. The van der Waals surface area contributed by atoms with E-state index in [-0.39, 0.29) is 41.8 Å². The van der Waals surface area contributed by atoms with Gasteiger partial charge in [0.25, 0.3) is 0 Å². The van der Waals surface area contributed by atoms with Crippen LogP contribution in [0.25, 0.3) is 11.2 Å². The number of hydrogen-bond acceptors (Lipinski definition) is 7. The number of carbonyl (C=O) groups is 3. The molecule has 0 radical (unpaired) electrons. The number of imidazole rings is 1. The number of carboxylic acids is 1. The first-order valence-electron chi connectivity index (χ1n) is 17.5. The monoisotopic (exact) mass is 720 g/mol. The number of pyridine rings is 1. The van der Waals surface area contributed by atoms with Crippen molar-refractivity contribution in [2.45, 2.75) is 71.0 Å². The molecule has 2 atom stereocenters. The van der Waals surface area contributed by atoms with E-state index >= 15 is 0 Å². The number of nitrogens with zero attached hydrogens (tertiary/aromatic N) is 5. The molecule has 0 unspecified atom stereocenters. The number of piperidine rings is 1. The van der Waals surface area contributed by atoms with Gasteiger partial charge in [-0.05, 0) is 63.0 Å². The van der Waals surface area contributed by atoms with Gasteiger partial charge in [-0.1, -0.05) is 51.1 Å². The second-order valence-corrected chi connectivity index (χ2v) is 12.6. The number of halogens is 3. The van der Waals surface area contributed by atoms with Gasteiger partial charge in [-0.15, -0.1) is 0 Å². The van der Waals surface area contributed by atoms with Crippen LogP contribution in [0, 0.1) is 5.92 Å². The fourth-order valence-corrected chi connectivity index (χ4v) is 6.53. The molecule has 2 aliphatic rings. The highest BCUT2D eigenvalue weighted by Crippen LogP contribution is 2.32. The van der Waals surface area contributed by atoms with Crippen molar-refractivity contribution >= 4 is 28.9 Å². The summed E-state index contributed by atoms with van der Waals surface area (Å²) in [6.07, 6.45) is -0.231. The Morgan fingerprint density at radius 2 is 1.61 bits per heavy atom. The van der Waals surface area contributed by atoms with E-state index in [9.17, 15) is 27.6 Å². The molecule has 2 aromatic heterocycles. The maximum atomic E-state index is 13.5. The molecule has 1 aromatic carbocycles. The largest absolute Gasteiger partial charge is 0.490 e. The summed E-state index contributed by atoms with van der Waals surface area (Å²) in [5, 5.41) is 7.12. The highest BCUT2D eigenvalue weighted by Gasteiger charge is 2.38. The third-order valence-corrected chi connectivity index (χ3v) is 9.48. The third kappa shape index (κ3) is 11.9. The maximum absolute atomic E-state index is 13.5. The van der Waals surface area contributed by atoms with Gasteiger partial charge in [0.2, 0.25) is 11.8 Å². The van der Waals surface area contributed by atoms with E-state index in [4.69, 9.17) is 14.6 Å². The van der Waals surface area contributed by atoms with Crippen molar-refractivity contribution in [3.63, 3.8) is 0 Å². The van der Waals surface area contributed by atoms with Gasteiger partial charge in [-0.25, -0.2) is 14.6 Å². The Balaban J connectivity index is 0.000000424. The topological polar surface area (TPSA) is 141 Å². The zero-order chi connectivity index (χ0) is 37.6. The maximum Gasteiger partial charge on any atom is 0.490 e. The van der Waals surface area contributed by atoms with Gasteiger partial charge in [0.05, 0.1) is 12.1 Å². The van der Waals surface area contributed by atoms with Gasteiger partial charge in [-0.2, -0.15) is 13.2 Å². The van der Waals surface area contributed by atoms with Crippen molar-refractivity contribution in [2.24, 2.45) is 5.92 Å². The lowest BCUT2D eigenvalue weighted by Crippen LogP contribution is -2.43. The summed E-state index contributed by atoms with van der Waals surface area (Å²) in [4.78, 5) is 61.4. The molecule has 4 heterocycles. The Kier molecular flexibility index (Phi) is 16.1. The van der Waals surface area contributed by atoms with Crippen LogP contribution in [0.15, 0.2) is 53.5 Å². The quantitative estimate of drug-likeness (QED) is 0.301. The predicted molar refractivity (Wildman–Crippen MR) is 187 cm³/mol. The van der Waals surface area contributed by atoms with Crippen LogP contribution in [0.5, 0.6) is 0 Å². The molecule has 3 aromatic rings. The number of fused-ring (bicyclic) bond motifs is 1. The van der Waals surface area contributed by atoms with E-state index in [0.717, 1.165) is 11.9 Å². The minimum Gasteiger partial charge on any atom is -0.475 e. The Morgan fingerprint density at radius 3 is 2.16 bits per heavy atom. The van der Waals surface area contributed by atoms with Crippen LogP contribution < -0.4 is 5.69 Å². The van der Waals surface area contributed by atoms with Crippen LogP contribution in [0.1, 0.15) is 70.4 Å². The molecule has 51 heavy (non-hydrogen) atoms. The van der Waals surface area contributed by atoms with Crippen LogP contribution in [0.2, 0.25) is 0 Å². The number of rotatable bonds is 10. The minimum absolute atomic E-state index is 0.0187. The summed E-state index contributed by atoms with van der Waals surface area (Å²) < 4.78 is 38.8. The molecule has 2 aliphatic heterocycles. The molecule has 0 spiro atoms. The standard InChI is InChI=1S/C28H35N5O4.C6H15N.C2HF3O2/c1-37-17-16-32-19-22(20-6-3-2-4-7-20)10-9-21(27(32)35)18-25(34)31-14-11-23(12-15-31)33-24-8-5-13-29-26(24)30-28(33)36;1-4-7(5-2)6-3;3-2(4,5)1(6)7/h2-8,13,21-23H,9-12,14-19H2,1H3,(H,29,30,36);4-6H2,1-3H3;(H,6,7)/t21-,22+;;/m1../s1. The summed E-state index contributed by atoms with van der Waals surface area (Å²) in [6.45, 7) is 12.9. The number of methoxy groups -OCH3 is 1. The van der Waals surface area contributed by atoms with Crippen LogP contribution in [-0.4, -0.2) is 118 Å². The number of amides is 2. The molecule has 0 aliphatic carbocycles. The molecule has 2 fully saturated rings. The summed E-state index contributed by atoms with van der Waals surface area (Å²) in [7, 11) is 1.64. The molecule has 2 N–H and O–H groups in total. The van der Waals surface area contributed by atoms with E-state index in [1.54, 1.807) is 17.9 Å². The Labute approximate surface area is 296 Å². The van der Waals surface area contributed by atoms with Gasteiger partial charge in [-0.3, -0.25) is 19.1 Å². The van der Waals surface area contributed by atoms with Crippen molar-refractivity contribution in [3.8, 4) is 0 Å². The zero-order valence-corrected chi connectivity index (χ0v) is 29.9. The average molecular weight is 721 g/mol. The first-order valence-corrected chi connectivity index (χ1v) is 17.5. The van der Waals surface area contributed by atoms with Crippen LogP contribution >= 0.6 is 0 Å². The van der Waals surface area contributed by atoms with E-state index in [1.807, 2.05) is 40.1 Å². The Morgan fingerprint density at radius 1 is 0.980 bits per heavy atom. The first-order chi connectivity index (χ1) is 24.3. The first kappa shape index (κ1) is 41.2. The number of ether oxygens (including phenoxy) is 1. The Hall–Kier alpha value is -4.24. The molecule has 2 amide bonds. The number of aromatic nitrogens is 3. The molecule has 282 valence electrons. The minimum atomic E-state index is -5.08. The van der Waals surface area contributed by atoms with Crippen LogP contribution in [0.4, 0.5) is 13.2 Å². The Bertz CT molecular complexity index is 1580. The van der Waals surface area contributed by atoms with Crippen LogP contribution in [0.3, 0.4) is 0 Å². The number of carbonyl (C=O) groups excluding carboxylic acids is 2. The van der Waals surface area contributed by atoms with E-state index in [2.05, 4.69) is 47.8 Å². The fraction of sp³-hybridized carbons (Fsp3) is 0.583. The molecule has 5 rings (SSSR count). The van der Waals surface area contributed by atoms with Gasteiger partial charge >= 0.3 is 17.8 Å². The van der Waals surface area contributed by atoms with E-state index in [0.29, 0.717) is 57.7 Å². The number of carboxylic acid groups (broad SMARTS) is 1. The highest BCUT2D eigenvalue weighted by atomic mass is 19.4. The lowest BCUT2D eigenvalue weighted by atomic mass is 9.90. The molecular formula is C36H51F3N6O6. The zero-order valence-electron chi connectivity index (χ0n) is 29.9. The van der Waals surface area contributed by atoms with Gasteiger partial charge < -0.3 is 24.5 Å². The number of alkyl halides is 3. The average Bonchev–Trinajstić information content (AvgIpc) is 3.38. The van der Waals surface area contributed by atoms with Crippen molar-refractivity contribution in [1.82, 2.24) is 29.2 Å². The summed E-state index contributed by atoms with van der Waals surface area (Å²) in [6, 6.07) is 14.1. The second kappa shape index (κ2) is 20.0. The molecule has 0 saturated carbocycles. The fourth-order valence-electron chi connectivity index (χ4n) is 6.53. The molecule has 2 saturated heterocycles. The van der Waals surface area contributed by atoms with Crippen molar-refractivity contribution in [3.05, 3.63) is 64.7 Å². The lowest BCUT2D eigenvalue weighted by Gasteiger charge is -2.33. The SMILES string of the molecule is CCN(CC)CC.COCCN1C[C@@H](c2ccccc2)CC[C@H](CC(=O)N2CCC(n3c(=O)[nH]c4ncccc43)CC2)C1=O.O=C(O)C(F)(F)F. The molecule has 12 nitrogen and oxygen atoms in total. The number of likely N-dealkylation sites (tertiary alicyclic amines) is 2. The van der Waals surface area contributed by atoms with Gasteiger partial charge in [0, 0.05) is 63.8 Å². The molecule has 15 heteroatoms. The summed E-state index contributed by atoms with van der Waals surface area (Å²) in [5.41, 5.74) is 2.45. The van der Waals surface area contributed by atoms with Gasteiger partial charge in [0.15, 0.2) is 5.65 Å². The van der Waals surface area contributed by atoms with E-state index in [1.165, 1.54) is 25.2 Å². The predicted octanol–water partition coefficient (Wildman–Crippen LogP) is 4.93. The summed E-state index contributed by atoms with van der Waals surface area (Å²) >= 11 is 0. The second-order valence-electron chi connectivity index (χ2n) is 12.6. The normalized spacial score (nSPS) is 18.5. The number of hydrogen-bond donors (Lipinski definition) is 2. The van der Waals surface area contributed by atoms with Gasteiger partial charge in [0.1, 0.15) is 0 Å².